The van der Waals surface area contributed by atoms with Gasteiger partial charge in [0, 0.05) is 0 Å². The van der Waals surface area contributed by atoms with Gasteiger partial charge in [-0.3, -0.25) is 4.79 Å². The topological polar surface area (TPSA) is 64.7 Å². The lowest BCUT2D eigenvalue weighted by Gasteiger charge is -2.15. The van der Waals surface area contributed by atoms with Crippen LogP contribution in [0.4, 0.5) is 0 Å². The molecule has 0 heterocycles. The molecule has 0 bridgehead atoms. The molecule has 0 aliphatic rings. The van der Waals surface area contributed by atoms with Gasteiger partial charge >= 0.3 is 0 Å². The summed E-state index contributed by atoms with van der Waals surface area (Å²) in [5, 5.41) is 17.6. The van der Waals surface area contributed by atoms with Gasteiger partial charge in [-0.2, -0.15) is 10.5 Å². The van der Waals surface area contributed by atoms with Crippen LogP contribution in [0.15, 0.2) is 48.5 Å². The second-order valence-corrected chi connectivity index (χ2v) is 4.51. The highest BCUT2D eigenvalue weighted by Crippen LogP contribution is 2.26. The van der Waals surface area contributed by atoms with E-state index in [1.807, 2.05) is 0 Å². The first kappa shape index (κ1) is 13.5. The van der Waals surface area contributed by atoms with E-state index in [-0.39, 0.29) is 11.7 Å². The Bertz CT molecular complexity index is 643. The van der Waals surface area contributed by atoms with Gasteiger partial charge in [-0.05, 0) is 42.3 Å². The van der Waals surface area contributed by atoms with E-state index < -0.39 is 0 Å². The van der Waals surface area contributed by atoms with Crippen LogP contribution in [0.1, 0.15) is 35.1 Å². The summed E-state index contributed by atoms with van der Waals surface area (Å²) < 4.78 is 0. The third kappa shape index (κ3) is 2.74. The molecule has 0 aliphatic carbocycles. The van der Waals surface area contributed by atoms with Gasteiger partial charge < -0.3 is 0 Å². The predicted octanol–water partition coefficient (Wildman–Crippen LogP) is 3.15. The van der Waals surface area contributed by atoms with E-state index in [4.69, 9.17) is 10.5 Å². The fourth-order valence-electron chi connectivity index (χ4n) is 2.16. The number of carbonyl (C=O) groups excluding carboxylic acids is 1. The third-order valence-electron chi connectivity index (χ3n) is 3.15. The summed E-state index contributed by atoms with van der Waals surface area (Å²) in [7, 11) is 0. The van der Waals surface area contributed by atoms with Crippen LogP contribution in [0.25, 0.3) is 0 Å². The van der Waals surface area contributed by atoms with E-state index in [0.29, 0.717) is 11.1 Å². The molecular weight excluding hydrogens is 248 g/mol. The minimum Gasteiger partial charge on any atom is -0.299 e. The van der Waals surface area contributed by atoms with Crippen LogP contribution in [0.2, 0.25) is 0 Å². The Morgan fingerprint density at radius 2 is 1.20 bits per heavy atom. The smallest absolute Gasteiger partial charge is 0.141 e. The fourth-order valence-corrected chi connectivity index (χ4v) is 2.16. The van der Waals surface area contributed by atoms with E-state index in [1.54, 1.807) is 55.5 Å². The zero-order valence-corrected chi connectivity index (χ0v) is 11.0. The first-order valence-electron chi connectivity index (χ1n) is 6.16. The Morgan fingerprint density at radius 3 is 1.45 bits per heavy atom. The summed E-state index contributed by atoms with van der Waals surface area (Å²) in [5.74, 6) is -0.338. The molecule has 0 aliphatic heterocycles. The van der Waals surface area contributed by atoms with Crippen molar-refractivity contribution in [2.75, 3.05) is 0 Å². The molecule has 2 aromatic rings. The van der Waals surface area contributed by atoms with Crippen molar-refractivity contribution >= 4 is 5.78 Å². The van der Waals surface area contributed by atoms with Crippen LogP contribution in [-0.4, -0.2) is 5.78 Å². The molecule has 2 aromatic carbocycles. The van der Waals surface area contributed by atoms with Gasteiger partial charge in [0.25, 0.3) is 0 Å². The van der Waals surface area contributed by atoms with Crippen LogP contribution >= 0.6 is 0 Å². The van der Waals surface area contributed by atoms with Crippen molar-refractivity contribution in [3.63, 3.8) is 0 Å². The van der Waals surface area contributed by atoms with E-state index in [0.717, 1.165) is 11.1 Å². The molecule has 0 N–H and O–H groups in total. The quantitative estimate of drug-likeness (QED) is 0.851. The van der Waals surface area contributed by atoms with Crippen molar-refractivity contribution in [3.8, 4) is 12.1 Å². The average molecular weight is 260 g/mol. The number of nitrogens with zero attached hydrogens (tertiary/aromatic N) is 2. The predicted molar refractivity (Wildman–Crippen MR) is 74.8 cm³/mol. The number of hydrogen-bond donors (Lipinski definition) is 0. The lowest BCUT2D eigenvalue weighted by molar-refractivity contribution is -0.117. The van der Waals surface area contributed by atoms with Crippen LogP contribution in [0.5, 0.6) is 0 Å². The van der Waals surface area contributed by atoms with Gasteiger partial charge in [0.05, 0.1) is 29.2 Å². The molecule has 0 fully saturated rings. The number of carbonyl (C=O) groups is 1. The van der Waals surface area contributed by atoms with Crippen LogP contribution in [0.3, 0.4) is 0 Å². The van der Waals surface area contributed by atoms with E-state index in [9.17, 15) is 4.79 Å². The van der Waals surface area contributed by atoms with Gasteiger partial charge in [0.2, 0.25) is 0 Å². The zero-order chi connectivity index (χ0) is 14.5. The average Bonchev–Trinajstić information content (AvgIpc) is 2.48. The molecule has 0 saturated heterocycles. The van der Waals surface area contributed by atoms with Crippen LogP contribution in [0, 0.1) is 22.7 Å². The number of rotatable bonds is 3. The Hall–Kier alpha value is -2.91. The van der Waals surface area contributed by atoms with Crippen molar-refractivity contribution in [1.29, 1.82) is 10.5 Å². The highest BCUT2D eigenvalue weighted by Gasteiger charge is 2.18. The molecule has 2 rings (SSSR count). The van der Waals surface area contributed by atoms with Gasteiger partial charge in [0.15, 0.2) is 0 Å². The summed E-state index contributed by atoms with van der Waals surface area (Å²) in [4.78, 5) is 11.9. The second-order valence-electron chi connectivity index (χ2n) is 4.51. The minimum absolute atomic E-state index is 0.0272. The Balaban J connectivity index is 2.42. The monoisotopic (exact) mass is 260 g/mol. The first-order valence-corrected chi connectivity index (χ1v) is 6.16. The van der Waals surface area contributed by atoms with E-state index >= 15 is 0 Å². The fraction of sp³-hybridized carbons (Fsp3) is 0.118. The molecule has 0 atom stereocenters. The standard InChI is InChI=1S/C17H12N2O/c1-12(20)17(15-6-2-13(10-18)3-7-15)16-8-4-14(11-19)5-9-16/h2-9,17H,1H3. The SMILES string of the molecule is CC(=O)C(c1ccc(C#N)cc1)c1ccc(C#N)cc1. The van der Waals surface area contributed by atoms with Crippen molar-refractivity contribution < 1.29 is 4.79 Å². The maximum atomic E-state index is 11.9. The summed E-state index contributed by atoms with van der Waals surface area (Å²) in [6, 6.07) is 18.1. The number of benzene rings is 2. The van der Waals surface area contributed by atoms with Crippen molar-refractivity contribution in [1.82, 2.24) is 0 Å². The molecule has 0 saturated carbocycles. The Kier molecular flexibility index (Phi) is 3.93. The summed E-state index contributed by atoms with van der Waals surface area (Å²) in [5.41, 5.74) is 2.83. The molecule has 0 unspecified atom stereocenters. The lowest BCUT2D eigenvalue weighted by atomic mass is 9.87. The van der Waals surface area contributed by atoms with Crippen LogP contribution in [-0.2, 0) is 4.79 Å². The number of hydrogen-bond acceptors (Lipinski definition) is 3. The maximum absolute atomic E-state index is 11.9. The second kappa shape index (κ2) is 5.82. The number of ketones is 1. The molecular formula is C17H12N2O. The maximum Gasteiger partial charge on any atom is 0.141 e. The highest BCUT2D eigenvalue weighted by molar-refractivity contribution is 5.87. The molecule has 96 valence electrons. The normalized spacial score (nSPS) is 9.80. The van der Waals surface area contributed by atoms with Gasteiger partial charge in [-0.1, -0.05) is 24.3 Å². The first-order chi connectivity index (χ1) is 9.65. The largest absolute Gasteiger partial charge is 0.299 e. The van der Waals surface area contributed by atoms with Crippen LogP contribution < -0.4 is 0 Å². The molecule has 0 spiro atoms. The van der Waals surface area contributed by atoms with Gasteiger partial charge in [-0.25, -0.2) is 0 Å². The summed E-state index contributed by atoms with van der Waals surface area (Å²) >= 11 is 0. The Morgan fingerprint density at radius 1 is 0.850 bits per heavy atom. The molecule has 3 heteroatoms. The molecule has 20 heavy (non-hydrogen) atoms. The van der Waals surface area contributed by atoms with E-state index in [1.165, 1.54) is 0 Å². The van der Waals surface area contributed by atoms with Crippen molar-refractivity contribution in [3.05, 3.63) is 70.8 Å². The highest BCUT2D eigenvalue weighted by atomic mass is 16.1. The lowest BCUT2D eigenvalue weighted by Crippen LogP contribution is -2.10. The van der Waals surface area contributed by atoms with Gasteiger partial charge in [-0.15, -0.1) is 0 Å². The van der Waals surface area contributed by atoms with Crippen molar-refractivity contribution in [2.45, 2.75) is 12.8 Å². The number of nitriles is 2. The molecule has 3 nitrogen and oxygen atoms in total. The molecule has 0 amide bonds. The number of Topliss-reactive ketones (excluding diaryl/α,β-unsaturated/α-hetero) is 1. The zero-order valence-electron chi connectivity index (χ0n) is 11.0. The minimum atomic E-state index is -0.365. The summed E-state index contributed by atoms with van der Waals surface area (Å²) in [6.45, 7) is 1.54. The van der Waals surface area contributed by atoms with Crippen molar-refractivity contribution in [2.24, 2.45) is 0 Å². The Labute approximate surface area is 117 Å². The summed E-state index contributed by atoms with van der Waals surface area (Å²) in [6.07, 6.45) is 0. The van der Waals surface area contributed by atoms with Gasteiger partial charge in [0.1, 0.15) is 5.78 Å². The molecule has 0 aromatic heterocycles. The van der Waals surface area contributed by atoms with E-state index in [2.05, 4.69) is 12.1 Å². The third-order valence-corrected chi connectivity index (χ3v) is 3.15. The molecule has 0 radical (unpaired) electrons.